The number of thioether (sulfide) groups is 1. The topological polar surface area (TPSA) is 67.9 Å². The lowest BCUT2D eigenvalue weighted by Crippen LogP contribution is -2.33. The van der Waals surface area contributed by atoms with Gasteiger partial charge in [-0.15, -0.1) is 0 Å². The quantitative estimate of drug-likeness (QED) is 0.802. The van der Waals surface area contributed by atoms with Crippen LogP contribution in [-0.4, -0.2) is 29.5 Å². The third-order valence-corrected chi connectivity index (χ3v) is 5.10. The van der Waals surface area contributed by atoms with Gasteiger partial charge in [-0.1, -0.05) is 12.1 Å². The number of rotatable bonds is 4. The molecule has 0 bridgehead atoms. The van der Waals surface area contributed by atoms with Crippen LogP contribution in [0.1, 0.15) is 11.1 Å². The minimum atomic E-state index is -0.399. The van der Waals surface area contributed by atoms with Crippen LogP contribution in [0.5, 0.6) is 11.5 Å². The van der Waals surface area contributed by atoms with Crippen molar-refractivity contribution >= 4 is 34.7 Å². The number of nitrogens with zero attached hydrogens (tertiary/aromatic N) is 1. The van der Waals surface area contributed by atoms with Gasteiger partial charge in [0.2, 0.25) is 6.79 Å². The van der Waals surface area contributed by atoms with Crippen molar-refractivity contribution in [1.82, 2.24) is 4.90 Å². The van der Waals surface area contributed by atoms with Crippen LogP contribution in [0.15, 0.2) is 41.3 Å². The first-order valence-electron chi connectivity index (χ1n) is 8.16. The van der Waals surface area contributed by atoms with Crippen LogP contribution in [0, 0.1) is 12.7 Å². The van der Waals surface area contributed by atoms with E-state index in [9.17, 15) is 14.0 Å². The maximum atomic E-state index is 13.4. The van der Waals surface area contributed by atoms with Crippen LogP contribution in [0.2, 0.25) is 0 Å². The molecule has 0 atom stereocenters. The highest BCUT2D eigenvalue weighted by molar-refractivity contribution is 8.18. The minimum Gasteiger partial charge on any atom is -0.454 e. The molecule has 0 aromatic heterocycles. The summed E-state index contributed by atoms with van der Waals surface area (Å²) in [7, 11) is 0. The Labute approximate surface area is 158 Å². The van der Waals surface area contributed by atoms with Crippen LogP contribution < -0.4 is 14.8 Å². The summed E-state index contributed by atoms with van der Waals surface area (Å²) in [6.07, 6.45) is 1.64. The number of aryl methyl sites for hydroxylation is 1. The Morgan fingerprint density at radius 2 is 2.00 bits per heavy atom. The van der Waals surface area contributed by atoms with E-state index in [1.165, 1.54) is 12.1 Å². The summed E-state index contributed by atoms with van der Waals surface area (Å²) < 4.78 is 24.0. The number of nitrogens with one attached hydrogen (secondary N) is 1. The first kappa shape index (κ1) is 17.4. The third kappa shape index (κ3) is 3.48. The van der Waals surface area contributed by atoms with Gasteiger partial charge in [0.1, 0.15) is 5.82 Å². The molecule has 2 amide bonds. The van der Waals surface area contributed by atoms with Crippen LogP contribution >= 0.6 is 11.8 Å². The van der Waals surface area contributed by atoms with E-state index in [0.29, 0.717) is 22.1 Å². The smallest absolute Gasteiger partial charge is 0.295 e. The minimum absolute atomic E-state index is 0.0343. The van der Waals surface area contributed by atoms with E-state index in [4.69, 9.17) is 9.47 Å². The van der Waals surface area contributed by atoms with Crippen molar-refractivity contribution in [3.05, 3.63) is 58.2 Å². The van der Waals surface area contributed by atoms with E-state index in [1.807, 2.05) is 6.92 Å². The predicted octanol–water partition coefficient (Wildman–Crippen LogP) is 3.97. The van der Waals surface area contributed by atoms with Crippen molar-refractivity contribution in [3.8, 4) is 11.5 Å². The molecule has 0 radical (unpaired) electrons. The molecular weight excluding hydrogens is 371 g/mol. The van der Waals surface area contributed by atoms with Crippen LogP contribution in [0.25, 0.3) is 6.08 Å². The average Bonchev–Trinajstić information content (AvgIpc) is 3.21. The summed E-state index contributed by atoms with van der Waals surface area (Å²) in [6, 6.07) is 9.61. The van der Waals surface area contributed by atoms with Gasteiger partial charge in [0.25, 0.3) is 11.1 Å². The van der Waals surface area contributed by atoms with Crippen molar-refractivity contribution in [2.75, 3.05) is 18.8 Å². The third-order valence-electron chi connectivity index (χ3n) is 4.20. The van der Waals surface area contributed by atoms with Crippen molar-refractivity contribution in [1.29, 1.82) is 0 Å². The normalized spacial score (nSPS) is 17.1. The second-order valence-electron chi connectivity index (χ2n) is 6.02. The van der Waals surface area contributed by atoms with E-state index in [-0.39, 0.29) is 24.5 Å². The van der Waals surface area contributed by atoms with Gasteiger partial charge in [0, 0.05) is 5.69 Å². The fraction of sp³-hybridized carbons (Fsp3) is 0.158. The highest BCUT2D eigenvalue weighted by Crippen LogP contribution is 2.36. The lowest BCUT2D eigenvalue weighted by molar-refractivity contribution is -0.122. The molecule has 8 heteroatoms. The summed E-state index contributed by atoms with van der Waals surface area (Å²) in [6.45, 7) is 1.95. The van der Waals surface area contributed by atoms with Crippen LogP contribution in [-0.2, 0) is 4.79 Å². The zero-order valence-electron chi connectivity index (χ0n) is 14.3. The van der Waals surface area contributed by atoms with E-state index >= 15 is 0 Å². The Bertz CT molecular complexity index is 976. The van der Waals surface area contributed by atoms with E-state index in [0.717, 1.165) is 27.8 Å². The van der Waals surface area contributed by atoms with Gasteiger partial charge >= 0.3 is 0 Å². The zero-order valence-corrected chi connectivity index (χ0v) is 15.1. The number of imide groups is 1. The first-order chi connectivity index (χ1) is 13.0. The van der Waals surface area contributed by atoms with Crippen molar-refractivity contribution in [3.63, 3.8) is 0 Å². The highest BCUT2D eigenvalue weighted by atomic mass is 32.2. The van der Waals surface area contributed by atoms with Crippen molar-refractivity contribution in [2.45, 2.75) is 6.92 Å². The molecule has 0 spiro atoms. The molecule has 27 heavy (non-hydrogen) atoms. The van der Waals surface area contributed by atoms with E-state index < -0.39 is 5.91 Å². The summed E-state index contributed by atoms with van der Waals surface area (Å²) >= 11 is 0.865. The Morgan fingerprint density at radius 3 is 2.85 bits per heavy atom. The maximum absolute atomic E-state index is 13.4. The molecule has 1 saturated heterocycles. The molecule has 2 aromatic rings. The molecule has 0 aliphatic carbocycles. The summed E-state index contributed by atoms with van der Waals surface area (Å²) in [5, 5.41) is 2.56. The number of carbonyl (C=O) groups is 2. The zero-order chi connectivity index (χ0) is 19.0. The number of hydrogen-bond acceptors (Lipinski definition) is 6. The summed E-state index contributed by atoms with van der Waals surface area (Å²) in [5.74, 6) is 0.463. The molecule has 1 N–H and O–H groups in total. The molecule has 6 nitrogen and oxygen atoms in total. The largest absolute Gasteiger partial charge is 0.454 e. The standard InChI is InChI=1S/C19H15FN2O4S/c1-11-2-4-13(20)8-14(11)21-9-22-18(23)17(27-19(22)24)7-12-3-5-15-16(6-12)26-10-25-15/h2-8,21H,9-10H2,1H3/b17-7-. The lowest BCUT2D eigenvalue weighted by atomic mass is 10.2. The lowest BCUT2D eigenvalue weighted by Gasteiger charge is -2.16. The number of hydrogen-bond donors (Lipinski definition) is 1. The summed E-state index contributed by atoms with van der Waals surface area (Å²) in [5.41, 5.74) is 2.09. The Balaban J connectivity index is 1.49. The molecule has 4 rings (SSSR count). The maximum Gasteiger partial charge on any atom is 0.295 e. The molecule has 0 saturated carbocycles. The fourth-order valence-electron chi connectivity index (χ4n) is 2.74. The average molecular weight is 386 g/mol. The number of anilines is 1. The van der Waals surface area contributed by atoms with Gasteiger partial charge < -0.3 is 14.8 Å². The van der Waals surface area contributed by atoms with Crippen LogP contribution in [0.3, 0.4) is 0 Å². The van der Waals surface area contributed by atoms with Gasteiger partial charge in [-0.2, -0.15) is 0 Å². The van der Waals surface area contributed by atoms with Gasteiger partial charge in [0.05, 0.1) is 11.6 Å². The first-order valence-corrected chi connectivity index (χ1v) is 8.98. The molecule has 2 aliphatic heterocycles. The van der Waals surface area contributed by atoms with E-state index in [1.54, 1.807) is 30.3 Å². The number of fused-ring (bicyclic) bond motifs is 1. The molecule has 2 heterocycles. The van der Waals surface area contributed by atoms with Crippen molar-refractivity contribution < 1.29 is 23.5 Å². The second kappa shape index (κ2) is 6.96. The predicted molar refractivity (Wildman–Crippen MR) is 100 cm³/mol. The Kier molecular flexibility index (Phi) is 4.49. The van der Waals surface area contributed by atoms with Gasteiger partial charge in [0.15, 0.2) is 11.5 Å². The SMILES string of the molecule is Cc1ccc(F)cc1NCN1C(=O)S/C(=C\c2ccc3c(c2)OCO3)C1=O. The molecular formula is C19H15FN2O4S. The van der Waals surface area contributed by atoms with Crippen LogP contribution in [0.4, 0.5) is 14.9 Å². The summed E-state index contributed by atoms with van der Waals surface area (Å²) in [4.78, 5) is 26.2. The second-order valence-corrected chi connectivity index (χ2v) is 7.01. The molecule has 138 valence electrons. The number of carbonyl (C=O) groups excluding carboxylic acids is 2. The molecule has 1 fully saturated rings. The van der Waals surface area contributed by atoms with E-state index in [2.05, 4.69) is 5.32 Å². The van der Waals surface area contributed by atoms with Gasteiger partial charge in [-0.3, -0.25) is 14.5 Å². The number of ether oxygens (including phenoxy) is 2. The Morgan fingerprint density at radius 1 is 1.19 bits per heavy atom. The van der Waals surface area contributed by atoms with Gasteiger partial charge in [-0.25, -0.2) is 4.39 Å². The number of benzene rings is 2. The number of amides is 2. The fourth-order valence-corrected chi connectivity index (χ4v) is 3.58. The van der Waals surface area contributed by atoms with Crippen molar-refractivity contribution in [2.24, 2.45) is 0 Å². The Hall–Kier alpha value is -3.00. The molecule has 2 aliphatic rings. The molecule has 2 aromatic carbocycles. The molecule has 0 unspecified atom stereocenters. The number of halogens is 1. The monoisotopic (exact) mass is 386 g/mol. The van der Waals surface area contributed by atoms with Gasteiger partial charge in [-0.05, 0) is 60.2 Å². The highest BCUT2D eigenvalue weighted by Gasteiger charge is 2.35.